The van der Waals surface area contributed by atoms with Crippen molar-refractivity contribution in [2.24, 2.45) is 0 Å². The first-order valence-corrected chi connectivity index (χ1v) is 4.15. The fraction of sp³-hybridized carbons (Fsp3) is 0.889. The second kappa shape index (κ2) is 5.07. The molecule has 0 aromatic rings. The van der Waals surface area contributed by atoms with Crippen LogP contribution < -0.4 is 5.32 Å². The van der Waals surface area contributed by atoms with Gasteiger partial charge in [-0.15, -0.1) is 0 Å². The Labute approximate surface area is 82.1 Å². The Morgan fingerprint density at radius 2 is 2.23 bits per heavy atom. The summed E-state index contributed by atoms with van der Waals surface area (Å²) in [4.78, 5) is 11.2. The summed E-state index contributed by atoms with van der Waals surface area (Å²) in [6.07, 6.45) is -1.73. The van der Waals surface area contributed by atoms with Gasteiger partial charge in [0.15, 0.2) is 0 Å². The molecule has 3 atom stereocenters. The molecule has 0 bridgehead atoms. The number of amides is 1. The van der Waals surface area contributed by atoms with E-state index in [4.69, 9.17) is 12.6 Å². The fourth-order valence-electron chi connectivity index (χ4n) is 0.671. The predicted octanol–water partition coefficient (Wildman–Crippen LogP) is 1.28. The standard InChI is InChI=1S/C9H19NO3/c1-7(5-6-11)10-8(12)13-9(2,3)4/h7,11H,5-6H2,1-4H3,(H,10,12)/t7-/m1/s1/i5D,6D/t5-,6-,7+/m0. The number of nitrogens with one attached hydrogen (secondary N) is 1. The second-order valence-corrected chi connectivity index (χ2v) is 3.78. The molecule has 0 saturated carbocycles. The van der Waals surface area contributed by atoms with Gasteiger partial charge >= 0.3 is 6.09 Å². The molecule has 0 fully saturated rings. The first kappa shape index (κ1) is 8.81. The van der Waals surface area contributed by atoms with E-state index in [1.54, 1.807) is 27.7 Å². The molecule has 0 aromatic heterocycles. The third-order valence-corrected chi connectivity index (χ3v) is 1.12. The third-order valence-electron chi connectivity index (χ3n) is 1.12. The molecule has 0 spiro atoms. The van der Waals surface area contributed by atoms with Crippen LogP contribution in [-0.2, 0) is 4.74 Å². The highest BCUT2D eigenvalue weighted by Gasteiger charge is 2.17. The van der Waals surface area contributed by atoms with E-state index < -0.39 is 30.7 Å². The molecule has 0 saturated heterocycles. The van der Waals surface area contributed by atoms with Crippen molar-refractivity contribution in [3.8, 4) is 0 Å². The van der Waals surface area contributed by atoms with E-state index in [9.17, 15) is 4.79 Å². The quantitative estimate of drug-likeness (QED) is 0.706. The molecule has 0 radical (unpaired) electrons. The first-order valence-electron chi connectivity index (χ1n) is 5.31. The Hall–Kier alpha value is -0.770. The van der Waals surface area contributed by atoms with Gasteiger partial charge in [-0.05, 0) is 34.1 Å². The number of rotatable bonds is 3. The summed E-state index contributed by atoms with van der Waals surface area (Å²) in [6, 6.07) is -0.632. The zero-order valence-electron chi connectivity index (χ0n) is 10.5. The summed E-state index contributed by atoms with van der Waals surface area (Å²) >= 11 is 0. The normalized spacial score (nSPS) is 20.7. The van der Waals surface area contributed by atoms with Crippen LogP contribution in [0.25, 0.3) is 0 Å². The highest BCUT2D eigenvalue weighted by molar-refractivity contribution is 5.67. The zero-order chi connectivity index (χ0) is 12.2. The highest BCUT2D eigenvalue weighted by atomic mass is 16.6. The van der Waals surface area contributed by atoms with Crippen LogP contribution in [0.1, 0.15) is 36.8 Å². The lowest BCUT2D eigenvalue weighted by atomic mass is 10.2. The van der Waals surface area contributed by atoms with Crippen LogP contribution in [-0.4, -0.2) is 29.4 Å². The van der Waals surface area contributed by atoms with Gasteiger partial charge < -0.3 is 15.2 Å². The number of carbonyl (C=O) groups is 1. The molecule has 0 unspecified atom stereocenters. The van der Waals surface area contributed by atoms with Crippen LogP contribution in [0.5, 0.6) is 0 Å². The van der Waals surface area contributed by atoms with Gasteiger partial charge in [0, 0.05) is 14.0 Å². The van der Waals surface area contributed by atoms with E-state index in [1.807, 2.05) is 0 Å². The minimum absolute atomic E-state index is 0.596. The molecule has 1 amide bonds. The van der Waals surface area contributed by atoms with E-state index in [2.05, 4.69) is 5.32 Å². The molecule has 0 aliphatic heterocycles. The van der Waals surface area contributed by atoms with Gasteiger partial charge in [-0.1, -0.05) is 0 Å². The average Bonchev–Trinajstić information content (AvgIpc) is 1.98. The zero-order valence-corrected chi connectivity index (χ0v) is 8.50. The lowest BCUT2D eigenvalue weighted by Crippen LogP contribution is -2.38. The van der Waals surface area contributed by atoms with Crippen LogP contribution >= 0.6 is 0 Å². The Bertz CT molecular complexity index is 216. The average molecular weight is 191 g/mol. The topological polar surface area (TPSA) is 58.6 Å². The van der Waals surface area contributed by atoms with Crippen molar-refractivity contribution in [3.63, 3.8) is 0 Å². The van der Waals surface area contributed by atoms with Crippen LogP contribution in [0.3, 0.4) is 0 Å². The summed E-state index contributed by atoms with van der Waals surface area (Å²) < 4.78 is 19.2. The van der Waals surface area contributed by atoms with Gasteiger partial charge in [0.05, 0.1) is 1.37 Å². The number of aliphatic hydroxyl groups excluding tert-OH is 1. The van der Waals surface area contributed by atoms with Crippen molar-refractivity contribution in [2.75, 3.05) is 6.58 Å². The number of alkyl carbamates (subject to hydrolysis) is 1. The number of hydrogen-bond donors (Lipinski definition) is 2. The first-order chi connectivity index (χ1) is 6.63. The van der Waals surface area contributed by atoms with E-state index >= 15 is 0 Å². The smallest absolute Gasteiger partial charge is 0.407 e. The van der Waals surface area contributed by atoms with Crippen LogP contribution in [0.2, 0.25) is 0 Å². The maximum atomic E-state index is 11.2. The fourth-order valence-corrected chi connectivity index (χ4v) is 0.671. The second-order valence-electron chi connectivity index (χ2n) is 3.78. The number of carbonyl (C=O) groups excluding carboxylic acids is 1. The highest BCUT2D eigenvalue weighted by Crippen LogP contribution is 2.06. The molecule has 0 heterocycles. The van der Waals surface area contributed by atoms with E-state index in [0.29, 0.717) is 0 Å². The van der Waals surface area contributed by atoms with Crippen molar-refractivity contribution in [3.05, 3.63) is 0 Å². The summed E-state index contributed by atoms with van der Waals surface area (Å²) in [7, 11) is 0. The largest absolute Gasteiger partial charge is 0.444 e. The van der Waals surface area contributed by atoms with Crippen molar-refractivity contribution < 1.29 is 17.4 Å². The van der Waals surface area contributed by atoms with Crippen molar-refractivity contribution in [2.45, 2.75) is 45.7 Å². The van der Waals surface area contributed by atoms with Gasteiger partial charge in [-0.2, -0.15) is 0 Å². The molecule has 4 nitrogen and oxygen atoms in total. The SMILES string of the molecule is [2H][C@@H]([C@H]([2H])O)[C@@H](C)NC(=O)OC(C)(C)C. The van der Waals surface area contributed by atoms with Crippen molar-refractivity contribution in [1.82, 2.24) is 5.32 Å². The van der Waals surface area contributed by atoms with Gasteiger partial charge in [0.2, 0.25) is 0 Å². The molecule has 0 aromatic carbocycles. The van der Waals surface area contributed by atoms with E-state index in [-0.39, 0.29) is 0 Å². The van der Waals surface area contributed by atoms with Crippen LogP contribution in [0.15, 0.2) is 0 Å². The molecule has 4 heteroatoms. The molecule has 0 aliphatic carbocycles. The number of hydrogen-bond acceptors (Lipinski definition) is 3. The molecule has 2 N–H and O–H groups in total. The van der Waals surface area contributed by atoms with Gasteiger partial charge in [-0.25, -0.2) is 4.79 Å². The van der Waals surface area contributed by atoms with Gasteiger partial charge in [0.25, 0.3) is 0 Å². The Morgan fingerprint density at radius 1 is 1.69 bits per heavy atom. The molecule has 0 rings (SSSR count). The monoisotopic (exact) mass is 191 g/mol. The molecule has 13 heavy (non-hydrogen) atoms. The minimum atomic E-state index is -1.53. The summed E-state index contributed by atoms with van der Waals surface area (Å²) in [5, 5.41) is 11.2. The van der Waals surface area contributed by atoms with Crippen LogP contribution in [0, 0.1) is 0 Å². The third kappa shape index (κ3) is 7.59. The summed E-state index contributed by atoms with van der Waals surface area (Å²) in [6.45, 7) is 5.20. The molecule has 78 valence electrons. The Morgan fingerprint density at radius 3 is 2.62 bits per heavy atom. The Kier molecular flexibility index (Phi) is 3.43. The number of aliphatic hydroxyl groups is 1. The maximum Gasteiger partial charge on any atom is 0.407 e. The van der Waals surface area contributed by atoms with E-state index in [1.165, 1.54) is 0 Å². The molecular formula is C9H19NO3. The van der Waals surface area contributed by atoms with Gasteiger partial charge in [0.1, 0.15) is 5.60 Å². The predicted molar refractivity (Wildman–Crippen MR) is 50.5 cm³/mol. The summed E-state index contributed by atoms with van der Waals surface area (Å²) in [5.74, 6) is 0. The molecule has 0 aliphatic rings. The van der Waals surface area contributed by atoms with Gasteiger partial charge in [-0.3, -0.25) is 0 Å². The lowest BCUT2D eigenvalue weighted by Gasteiger charge is -2.21. The van der Waals surface area contributed by atoms with E-state index in [0.717, 1.165) is 0 Å². The summed E-state index contributed by atoms with van der Waals surface area (Å²) in [5.41, 5.74) is -0.596. The molecular weight excluding hydrogens is 170 g/mol. The van der Waals surface area contributed by atoms with Crippen LogP contribution in [0.4, 0.5) is 4.79 Å². The van der Waals surface area contributed by atoms with Crippen molar-refractivity contribution >= 4 is 6.09 Å². The van der Waals surface area contributed by atoms with Crippen molar-refractivity contribution in [1.29, 1.82) is 0 Å². The maximum absolute atomic E-state index is 11.2. The Balaban J connectivity index is 4.08. The minimum Gasteiger partial charge on any atom is -0.444 e. The number of ether oxygens (including phenoxy) is 1. The lowest BCUT2D eigenvalue weighted by molar-refractivity contribution is 0.0502.